The lowest BCUT2D eigenvalue weighted by Gasteiger charge is -2.43. The van der Waals surface area contributed by atoms with Gasteiger partial charge in [0.15, 0.2) is 0 Å². The van der Waals surface area contributed by atoms with Gasteiger partial charge in [-0.3, -0.25) is 0 Å². The minimum Gasteiger partial charge on any atom is -0.309 e. The summed E-state index contributed by atoms with van der Waals surface area (Å²) in [4.78, 5) is 3.73. The predicted octanol–water partition coefficient (Wildman–Crippen LogP) is 12.8. The molecule has 6 aromatic rings. The van der Waals surface area contributed by atoms with Crippen molar-refractivity contribution in [1.29, 1.82) is 0 Å². The summed E-state index contributed by atoms with van der Waals surface area (Å²) < 4.78 is 2.38. The Morgan fingerprint density at radius 3 is 1.81 bits per heavy atom. The Hall–Kier alpha value is -4.96. The van der Waals surface area contributed by atoms with Crippen LogP contribution in [0.2, 0.25) is 0 Å². The van der Waals surface area contributed by atoms with E-state index in [0.29, 0.717) is 0 Å². The summed E-state index contributed by atoms with van der Waals surface area (Å²) in [6.07, 6.45) is 9.87. The van der Waals surface area contributed by atoms with Crippen LogP contribution in [0.4, 0.5) is 0 Å². The van der Waals surface area contributed by atoms with E-state index in [4.69, 9.17) is 6.58 Å². The molecule has 8 rings (SSSR count). The fourth-order valence-corrected chi connectivity index (χ4v) is 9.36. The summed E-state index contributed by atoms with van der Waals surface area (Å²) >= 11 is 3.63. The number of hydrogen-bond acceptors (Lipinski definition) is 2. The summed E-state index contributed by atoms with van der Waals surface area (Å²) in [5.74, 6) is 0. The second-order valence-electron chi connectivity index (χ2n) is 12.6. The second kappa shape index (κ2) is 16.6. The average Bonchev–Trinajstić information content (AvgIpc) is 3.50. The van der Waals surface area contributed by atoms with E-state index in [9.17, 15) is 0 Å². The van der Waals surface area contributed by atoms with Crippen LogP contribution in [0.5, 0.6) is 0 Å². The summed E-state index contributed by atoms with van der Waals surface area (Å²) in [5, 5.41) is 5.85. The largest absolute Gasteiger partial charge is 0.309 e. The number of nitrogens with zero attached hydrogens (tertiary/aromatic N) is 1. The summed E-state index contributed by atoms with van der Waals surface area (Å²) in [7, 11) is 0. The van der Waals surface area contributed by atoms with Crippen molar-refractivity contribution in [2.75, 3.05) is 0 Å². The molecule has 2 aliphatic rings. The van der Waals surface area contributed by atoms with Gasteiger partial charge >= 0.3 is 0 Å². The molecule has 0 radical (unpaired) electrons. The molecule has 1 spiro atoms. The smallest absolute Gasteiger partial charge is 0.0728 e. The molecule has 0 saturated heterocycles. The van der Waals surface area contributed by atoms with Crippen LogP contribution in [-0.2, 0) is 5.41 Å². The quantitative estimate of drug-likeness (QED) is 0.165. The lowest BCUT2D eigenvalue weighted by Crippen LogP contribution is -2.35. The monoisotopic (exact) mass is 713 g/mol. The van der Waals surface area contributed by atoms with Crippen molar-refractivity contribution < 1.29 is 0 Å². The highest BCUT2D eigenvalue weighted by atomic mass is 32.2. The first-order valence-electron chi connectivity index (χ1n) is 18.2. The molecule has 3 heteroatoms. The third kappa shape index (κ3) is 6.72. The molecule has 260 valence electrons. The van der Waals surface area contributed by atoms with Crippen LogP contribution < -0.4 is 10.6 Å². The average molecular weight is 714 g/mol. The minimum atomic E-state index is -0.578. The number of allylic oxidation sites excluding steroid dienone is 6. The van der Waals surface area contributed by atoms with Gasteiger partial charge in [-0.25, -0.2) is 0 Å². The van der Waals surface area contributed by atoms with E-state index < -0.39 is 5.41 Å². The van der Waals surface area contributed by atoms with Gasteiger partial charge in [-0.15, -0.1) is 0 Å². The normalized spacial score (nSPS) is 16.7. The first-order chi connectivity index (χ1) is 25.5. The van der Waals surface area contributed by atoms with Gasteiger partial charge < -0.3 is 4.57 Å². The molecule has 0 fully saturated rings. The first-order valence-corrected chi connectivity index (χ1v) is 19.9. The number of thioether (sulfide) groups is 1. The molecule has 0 bridgehead atoms. The van der Waals surface area contributed by atoms with Crippen LogP contribution in [0.3, 0.4) is 0 Å². The third-order valence-corrected chi connectivity index (χ3v) is 11.6. The number of rotatable bonds is 2. The molecule has 1 aromatic heterocycles. The number of aromatic nitrogens is 1. The fourth-order valence-electron chi connectivity index (χ4n) is 7.20. The van der Waals surface area contributed by atoms with Gasteiger partial charge in [0.25, 0.3) is 0 Å². The third-order valence-electron chi connectivity index (χ3n) is 9.53. The lowest BCUT2D eigenvalue weighted by molar-refractivity contribution is 0.688. The van der Waals surface area contributed by atoms with Crippen molar-refractivity contribution in [2.45, 2.75) is 61.1 Å². The van der Waals surface area contributed by atoms with E-state index in [0.717, 1.165) is 34.2 Å². The maximum atomic E-state index is 4.87. The van der Waals surface area contributed by atoms with Gasteiger partial charge in [-0.05, 0) is 96.2 Å². The highest BCUT2D eigenvalue weighted by Crippen LogP contribution is 2.57. The minimum absolute atomic E-state index is 0.578. The van der Waals surface area contributed by atoms with Gasteiger partial charge in [0.1, 0.15) is 0 Å². The summed E-state index contributed by atoms with van der Waals surface area (Å²) in [6, 6.07) is 45.9. The number of benzene rings is 5. The van der Waals surface area contributed by atoms with Crippen LogP contribution in [0.1, 0.15) is 57.7 Å². The highest BCUT2D eigenvalue weighted by Gasteiger charge is 2.45. The molecule has 2 aliphatic heterocycles. The van der Waals surface area contributed by atoms with Crippen LogP contribution in [-0.4, -0.2) is 4.57 Å². The molecule has 5 aromatic carbocycles. The molecule has 1 nitrogen and oxygen atoms in total. The summed E-state index contributed by atoms with van der Waals surface area (Å²) in [6.45, 7) is 19.8. The standard InChI is InChI=1S/C42H31NS2.C5H10.C2H6/c1-28-25-30(3)42(35-19-9-13-23-40(35)45-41-24-14-10-20-36(41)42)34-18-8-12-22-39(34)44-27-38-33(26-29(28)2)32-17-7-11-21-37(32)43(38)31-15-5-4-6-16-31;1-3-5-4-2;1-2/h4-27H,2-3H2,1H3;3,5H,4H2,1-2H3;1-2H3/b28-25+,33-26-,38-27+;5-3-;. The molecule has 52 heavy (non-hydrogen) atoms. The zero-order chi connectivity index (χ0) is 36.7. The van der Waals surface area contributed by atoms with E-state index in [-0.39, 0.29) is 0 Å². The van der Waals surface area contributed by atoms with Crippen molar-refractivity contribution in [1.82, 2.24) is 4.57 Å². The van der Waals surface area contributed by atoms with Crippen molar-refractivity contribution in [3.05, 3.63) is 203 Å². The van der Waals surface area contributed by atoms with E-state index >= 15 is 0 Å². The van der Waals surface area contributed by atoms with Gasteiger partial charge in [0.05, 0.1) is 16.3 Å². The van der Waals surface area contributed by atoms with Crippen LogP contribution in [0.25, 0.3) is 28.1 Å². The number of hydrogen-bond donors (Lipinski definition) is 0. The van der Waals surface area contributed by atoms with E-state index in [1.165, 1.54) is 47.5 Å². The maximum Gasteiger partial charge on any atom is 0.0728 e. The maximum absolute atomic E-state index is 4.87. The number of fused-ring (bicyclic) bond motifs is 9. The van der Waals surface area contributed by atoms with Crippen LogP contribution in [0.15, 0.2) is 190 Å². The zero-order valence-electron chi connectivity index (χ0n) is 30.9. The molecular formula is C49H47NS2. The fraction of sp³-hybridized carbons (Fsp3) is 0.143. The van der Waals surface area contributed by atoms with Gasteiger partial charge in [0.2, 0.25) is 0 Å². The highest BCUT2D eigenvalue weighted by molar-refractivity contribution is 8.06. The molecule has 0 saturated carbocycles. The topological polar surface area (TPSA) is 4.93 Å². The van der Waals surface area contributed by atoms with Crippen LogP contribution in [0, 0.1) is 0 Å². The Morgan fingerprint density at radius 1 is 0.673 bits per heavy atom. The molecular weight excluding hydrogens is 667 g/mol. The summed E-state index contributed by atoms with van der Waals surface area (Å²) in [5.41, 5.74) is 8.61. The zero-order valence-corrected chi connectivity index (χ0v) is 32.5. The van der Waals surface area contributed by atoms with Crippen molar-refractivity contribution in [3.8, 4) is 5.69 Å². The first kappa shape index (κ1) is 36.8. The molecule has 0 aliphatic carbocycles. The SMILES string of the molecule is C/C=C\CC.C=C1/C=c2\c(n(-c3ccccc3)c3ccccc23)=C/Sc2ccccc2C2(C(=C)/C=C/1C)c1ccccc1Sc1ccccc12.CC. The van der Waals surface area contributed by atoms with E-state index in [1.54, 1.807) is 11.8 Å². The Bertz CT molecular complexity index is 2380. The molecule has 0 atom stereocenters. The van der Waals surface area contributed by atoms with Gasteiger partial charge in [0, 0.05) is 36.4 Å². The van der Waals surface area contributed by atoms with Crippen molar-refractivity contribution in [2.24, 2.45) is 0 Å². The molecule has 3 heterocycles. The number of para-hydroxylation sites is 2. The van der Waals surface area contributed by atoms with Crippen molar-refractivity contribution >= 4 is 45.9 Å². The second-order valence-corrected chi connectivity index (χ2v) is 14.6. The van der Waals surface area contributed by atoms with E-state index in [2.05, 4.69) is 182 Å². The van der Waals surface area contributed by atoms with Gasteiger partial charge in [-0.1, -0.05) is 167 Å². The lowest BCUT2D eigenvalue weighted by atomic mass is 9.64. The molecule has 0 N–H and O–H groups in total. The Labute approximate surface area is 318 Å². The molecule has 0 unspecified atom stereocenters. The predicted molar refractivity (Wildman–Crippen MR) is 229 cm³/mol. The Kier molecular flexibility index (Phi) is 11.7. The van der Waals surface area contributed by atoms with Crippen LogP contribution >= 0.6 is 23.5 Å². The van der Waals surface area contributed by atoms with E-state index in [1.807, 2.05) is 32.5 Å². The Balaban J connectivity index is 0.000000613. The van der Waals surface area contributed by atoms with Crippen molar-refractivity contribution in [3.63, 3.8) is 0 Å². The molecule has 0 amide bonds. The van der Waals surface area contributed by atoms with Gasteiger partial charge in [-0.2, -0.15) is 0 Å². The Morgan fingerprint density at radius 2 is 1.21 bits per heavy atom.